The van der Waals surface area contributed by atoms with Gasteiger partial charge in [-0.25, -0.2) is 0 Å². The number of aliphatic hydroxyl groups is 2. The van der Waals surface area contributed by atoms with E-state index in [4.69, 9.17) is 10.2 Å². The van der Waals surface area contributed by atoms with Crippen LogP contribution >= 0.6 is 0 Å². The molecule has 0 aliphatic rings. The standard InChI is InChI=1S/C20H43NO3/c1-2-3-4-5-6-7-8-9-10-11-12-13-14-15-16-17-18-21(24,19-22)20-23/h22-23H,2-20H2,1H3. The lowest BCUT2D eigenvalue weighted by Gasteiger charge is -2.38. The molecule has 4 nitrogen and oxygen atoms in total. The van der Waals surface area contributed by atoms with Crippen molar-refractivity contribution in [1.82, 2.24) is 0 Å². The normalized spacial score (nSPS) is 12.0. The molecule has 0 saturated heterocycles. The van der Waals surface area contributed by atoms with Crippen molar-refractivity contribution >= 4 is 0 Å². The maximum Gasteiger partial charge on any atom is 0.181 e. The molecular weight excluding hydrogens is 302 g/mol. The zero-order valence-electron chi connectivity index (χ0n) is 16.2. The Morgan fingerprint density at radius 3 is 1.12 bits per heavy atom. The van der Waals surface area contributed by atoms with Gasteiger partial charge in [0.1, 0.15) is 0 Å². The van der Waals surface area contributed by atoms with Gasteiger partial charge in [0.15, 0.2) is 13.5 Å². The predicted octanol–water partition coefficient (Wildman–Crippen LogP) is 5.46. The van der Waals surface area contributed by atoms with Crippen molar-refractivity contribution in [2.45, 2.75) is 110 Å². The zero-order chi connectivity index (χ0) is 17.9. The average Bonchev–Trinajstić information content (AvgIpc) is 2.61. The molecule has 2 N–H and O–H groups in total. The number of rotatable bonds is 19. The van der Waals surface area contributed by atoms with Gasteiger partial charge in [0.25, 0.3) is 0 Å². The van der Waals surface area contributed by atoms with Crippen LogP contribution in [0.4, 0.5) is 0 Å². The fraction of sp³-hybridized carbons (Fsp3) is 1.00. The first-order valence-electron chi connectivity index (χ1n) is 10.5. The molecule has 0 unspecified atom stereocenters. The maximum atomic E-state index is 11.6. The van der Waals surface area contributed by atoms with E-state index in [-0.39, 0.29) is 0 Å². The van der Waals surface area contributed by atoms with Gasteiger partial charge in [-0.15, -0.1) is 0 Å². The lowest BCUT2D eigenvalue weighted by Crippen LogP contribution is -2.44. The molecule has 0 fully saturated rings. The molecule has 4 heteroatoms. The summed E-state index contributed by atoms with van der Waals surface area (Å²) >= 11 is 0. The van der Waals surface area contributed by atoms with Crippen LogP contribution in [0.2, 0.25) is 0 Å². The van der Waals surface area contributed by atoms with Gasteiger partial charge < -0.3 is 20.1 Å². The number of hydrogen-bond donors (Lipinski definition) is 2. The Kier molecular flexibility index (Phi) is 17.5. The molecule has 0 aromatic rings. The molecule has 0 rings (SSSR count). The van der Waals surface area contributed by atoms with Gasteiger partial charge in [-0.05, 0) is 12.8 Å². The minimum atomic E-state index is -0.876. The topological polar surface area (TPSA) is 63.5 Å². The van der Waals surface area contributed by atoms with Gasteiger partial charge in [0.2, 0.25) is 0 Å². The Bertz CT molecular complexity index is 245. The van der Waals surface area contributed by atoms with Crippen LogP contribution in [-0.4, -0.2) is 34.9 Å². The number of nitrogens with zero attached hydrogens (tertiary/aromatic N) is 1. The quantitative estimate of drug-likeness (QED) is 0.141. The minimum Gasteiger partial charge on any atom is -0.629 e. The molecule has 0 aliphatic carbocycles. The van der Waals surface area contributed by atoms with E-state index >= 15 is 0 Å². The summed E-state index contributed by atoms with van der Waals surface area (Å²) < 4.78 is -0.876. The highest BCUT2D eigenvalue weighted by Crippen LogP contribution is 2.14. The maximum absolute atomic E-state index is 11.6. The number of hydrogen-bond acceptors (Lipinski definition) is 3. The van der Waals surface area contributed by atoms with Crippen molar-refractivity contribution in [3.8, 4) is 0 Å². The van der Waals surface area contributed by atoms with Gasteiger partial charge in [-0.2, -0.15) is 0 Å². The van der Waals surface area contributed by atoms with Gasteiger partial charge in [0.05, 0.1) is 6.54 Å². The van der Waals surface area contributed by atoms with E-state index in [0.717, 1.165) is 19.3 Å². The first-order valence-corrected chi connectivity index (χ1v) is 10.5. The van der Waals surface area contributed by atoms with Gasteiger partial charge in [-0.3, -0.25) is 0 Å². The molecule has 146 valence electrons. The molecule has 0 saturated carbocycles. The third-order valence-corrected chi connectivity index (χ3v) is 4.93. The Balaban J connectivity index is 3.13. The van der Waals surface area contributed by atoms with E-state index < -0.39 is 18.1 Å². The second-order valence-corrected chi connectivity index (χ2v) is 7.37. The first kappa shape index (κ1) is 23.8. The Morgan fingerprint density at radius 2 is 0.833 bits per heavy atom. The Morgan fingerprint density at radius 1 is 0.542 bits per heavy atom. The summed E-state index contributed by atoms with van der Waals surface area (Å²) in [7, 11) is 0. The van der Waals surface area contributed by atoms with Crippen molar-refractivity contribution in [2.24, 2.45) is 0 Å². The lowest BCUT2D eigenvalue weighted by molar-refractivity contribution is -0.917. The van der Waals surface area contributed by atoms with Crippen LogP contribution in [0.25, 0.3) is 0 Å². The summed E-state index contributed by atoms with van der Waals surface area (Å²) in [5.74, 6) is 0. The van der Waals surface area contributed by atoms with E-state index in [1.165, 1.54) is 83.5 Å². The van der Waals surface area contributed by atoms with Gasteiger partial charge in [-0.1, -0.05) is 96.8 Å². The monoisotopic (exact) mass is 345 g/mol. The largest absolute Gasteiger partial charge is 0.629 e. The highest BCUT2D eigenvalue weighted by atomic mass is 16.6. The lowest BCUT2D eigenvalue weighted by atomic mass is 10.0. The molecular formula is C20H43NO3. The second kappa shape index (κ2) is 17.7. The number of unbranched alkanes of at least 4 members (excludes halogenated alkanes) is 15. The molecule has 0 aromatic carbocycles. The van der Waals surface area contributed by atoms with E-state index in [0.29, 0.717) is 6.54 Å². The molecule has 0 aromatic heterocycles. The van der Waals surface area contributed by atoms with E-state index in [2.05, 4.69) is 6.92 Å². The smallest absolute Gasteiger partial charge is 0.181 e. The molecule has 0 bridgehead atoms. The van der Waals surface area contributed by atoms with Crippen LogP contribution in [0, 0.1) is 5.21 Å². The van der Waals surface area contributed by atoms with E-state index in [1.54, 1.807) is 0 Å². The second-order valence-electron chi connectivity index (χ2n) is 7.37. The van der Waals surface area contributed by atoms with E-state index in [1.807, 2.05) is 0 Å². The average molecular weight is 346 g/mol. The fourth-order valence-electron chi connectivity index (χ4n) is 3.13. The predicted molar refractivity (Wildman–Crippen MR) is 102 cm³/mol. The van der Waals surface area contributed by atoms with Crippen molar-refractivity contribution in [3.63, 3.8) is 0 Å². The van der Waals surface area contributed by atoms with Crippen LogP contribution in [0.15, 0.2) is 0 Å². The highest BCUT2D eigenvalue weighted by molar-refractivity contribution is 4.50. The van der Waals surface area contributed by atoms with Gasteiger partial charge >= 0.3 is 0 Å². The Labute approximate surface area is 150 Å². The molecule has 0 aliphatic heterocycles. The highest BCUT2D eigenvalue weighted by Gasteiger charge is 2.12. The van der Waals surface area contributed by atoms with Crippen molar-refractivity contribution in [1.29, 1.82) is 0 Å². The van der Waals surface area contributed by atoms with Crippen LogP contribution in [0.3, 0.4) is 0 Å². The molecule has 0 spiro atoms. The van der Waals surface area contributed by atoms with Crippen LogP contribution in [0.1, 0.15) is 110 Å². The SMILES string of the molecule is CCCCCCCCCCCCCCCCCC[N+]([O-])(CO)CO. The third-order valence-electron chi connectivity index (χ3n) is 4.93. The number of quaternary nitrogens is 1. The van der Waals surface area contributed by atoms with Crippen molar-refractivity contribution in [3.05, 3.63) is 5.21 Å². The molecule has 0 radical (unpaired) electrons. The summed E-state index contributed by atoms with van der Waals surface area (Å²) in [6.07, 6.45) is 20.9. The van der Waals surface area contributed by atoms with E-state index in [9.17, 15) is 5.21 Å². The molecule has 0 atom stereocenters. The van der Waals surface area contributed by atoms with Crippen LogP contribution < -0.4 is 0 Å². The first-order chi connectivity index (χ1) is 11.7. The summed E-state index contributed by atoms with van der Waals surface area (Å²) in [4.78, 5) is 0. The number of aliphatic hydroxyl groups excluding tert-OH is 2. The van der Waals surface area contributed by atoms with Crippen LogP contribution in [-0.2, 0) is 0 Å². The summed E-state index contributed by atoms with van der Waals surface area (Å²) in [5.41, 5.74) is 0. The summed E-state index contributed by atoms with van der Waals surface area (Å²) in [6.45, 7) is 1.56. The molecule has 0 heterocycles. The van der Waals surface area contributed by atoms with Crippen molar-refractivity contribution in [2.75, 3.05) is 20.0 Å². The minimum absolute atomic E-state index is 0.325. The summed E-state index contributed by atoms with van der Waals surface area (Å²) in [6, 6.07) is 0. The Hall–Kier alpha value is -0.160. The zero-order valence-corrected chi connectivity index (χ0v) is 16.2. The van der Waals surface area contributed by atoms with Crippen LogP contribution in [0.5, 0.6) is 0 Å². The molecule has 0 amide bonds. The van der Waals surface area contributed by atoms with Gasteiger partial charge in [0, 0.05) is 0 Å². The summed E-state index contributed by atoms with van der Waals surface area (Å²) in [5, 5.41) is 29.4. The fourth-order valence-corrected chi connectivity index (χ4v) is 3.13. The third kappa shape index (κ3) is 15.4. The number of hydroxylamine groups is 3. The van der Waals surface area contributed by atoms with Crippen molar-refractivity contribution < 1.29 is 14.9 Å². The molecule has 24 heavy (non-hydrogen) atoms.